The van der Waals surface area contributed by atoms with Crippen LogP contribution in [0.25, 0.3) is 0 Å². The first-order valence-electron chi connectivity index (χ1n) is 4.81. The van der Waals surface area contributed by atoms with Crippen molar-refractivity contribution >= 4 is 5.82 Å². The smallest absolute Gasteiger partial charge is 0.356 e. The molecule has 0 atom stereocenters. The van der Waals surface area contributed by atoms with Gasteiger partial charge in [-0.2, -0.15) is 26.3 Å². The normalized spacial score (nSPS) is 12.8. The van der Waals surface area contributed by atoms with E-state index in [1.54, 1.807) is 0 Å². The SMILES string of the molecule is NNc1ccc(COC(C(F)(F)F)C(F)(F)F)cn1. The minimum absolute atomic E-state index is 0.0532. The molecule has 0 saturated heterocycles. The van der Waals surface area contributed by atoms with Crippen LogP contribution in [0.4, 0.5) is 32.2 Å². The number of nitrogens with two attached hydrogens (primary N) is 1. The maximum absolute atomic E-state index is 12.2. The molecule has 0 aliphatic heterocycles. The van der Waals surface area contributed by atoms with Crippen molar-refractivity contribution in [1.82, 2.24) is 4.98 Å². The molecule has 0 aliphatic carbocycles. The van der Waals surface area contributed by atoms with E-state index < -0.39 is 25.1 Å². The molecule has 0 aliphatic rings. The minimum atomic E-state index is -5.52. The second kappa shape index (κ2) is 5.61. The standard InChI is InChI=1S/C9H9F6N3O/c10-8(11,12)7(9(13,14)15)19-4-5-1-2-6(18-16)17-3-5/h1-3,7H,4,16H2,(H,17,18). The van der Waals surface area contributed by atoms with Gasteiger partial charge in [-0.15, -0.1) is 0 Å². The van der Waals surface area contributed by atoms with Gasteiger partial charge < -0.3 is 10.2 Å². The van der Waals surface area contributed by atoms with Gasteiger partial charge in [-0.3, -0.25) is 0 Å². The number of hydrogen-bond donors (Lipinski definition) is 2. The van der Waals surface area contributed by atoms with E-state index in [1.807, 2.05) is 0 Å². The molecular weight excluding hydrogens is 280 g/mol. The summed E-state index contributed by atoms with van der Waals surface area (Å²) in [5, 5.41) is 0. The van der Waals surface area contributed by atoms with Crippen LogP contribution in [0.1, 0.15) is 5.56 Å². The summed E-state index contributed by atoms with van der Waals surface area (Å²) < 4.78 is 76.8. The topological polar surface area (TPSA) is 60.2 Å². The van der Waals surface area contributed by atoms with Crippen molar-refractivity contribution < 1.29 is 31.1 Å². The fraction of sp³-hybridized carbons (Fsp3) is 0.444. The quantitative estimate of drug-likeness (QED) is 0.507. The Labute approximate surface area is 103 Å². The molecule has 1 aromatic heterocycles. The molecule has 1 rings (SSSR count). The van der Waals surface area contributed by atoms with Gasteiger partial charge in [-0.05, 0) is 11.6 Å². The number of halogens is 6. The van der Waals surface area contributed by atoms with Gasteiger partial charge in [0.05, 0.1) is 6.61 Å². The molecule has 0 radical (unpaired) electrons. The Morgan fingerprint density at radius 2 is 1.74 bits per heavy atom. The van der Waals surface area contributed by atoms with E-state index >= 15 is 0 Å². The summed E-state index contributed by atoms with van der Waals surface area (Å²) in [5.41, 5.74) is 2.21. The molecule has 1 aromatic rings. The van der Waals surface area contributed by atoms with E-state index in [0.717, 1.165) is 6.20 Å². The Kier molecular flexibility index (Phi) is 4.58. The van der Waals surface area contributed by atoms with Gasteiger partial charge in [-0.25, -0.2) is 10.8 Å². The van der Waals surface area contributed by atoms with Crippen molar-refractivity contribution in [3.8, 4) is 0 Å². The molecule has 0 saturated carbocycles. The summed E-state index contributed by atoms with van der Waals surface area (Å²) in [6.07, 6.45) is -13.8. The molecule has 0 spiro atoms. The van der Waals surface area contributed by atoms with E-state index in [-0.39, 0.29) is 11.4 Å². The zero-order chi connectivity index (χ0) is 14.7. The van der Waals surface area contributed by atoms with Crippen LogP contribution in [0.15, 0.2) is 18.3 Å². The number of pyridine rings is 1. The van der Waals surface area contributed by atoms with Gasteiger partial charge in [0.15, 0.2) is 0 Å². The van der Waals surface area contributed by atoms with Gasteiger partial charge in [-0.1, -0.05) is 6.07 Å². The molecule has 3 N–H and O–H groups in total. The third-order valence-electron chi connectivity index (χ3n) is 1.98. The average Bonchev–Trinajstić information content (AvgIpc) is 2.26. The predicted octanol–water partition coefficient (Wildman–Crippen LogP) is 2.38. The van der Waals surface area contributed by atoms with Crippen LogP contribution < -0.4 is 11.3 Å². The Bertz CT molecular complexity index is 388. The molecule has 1 heterocycles. The first-order chi connectivity index (χ1) is 8.64. The van der Waals surface area contributed by atoms with Gasteiger partial charge in [0.2, 0.25) is 6.10 Å². The predicted molar refractivity (Wildman–Crippen MR) is 52.7 cm³/mol. The molecule has 10 heteroatoms. The number of ether oxygens (including phenoxy) is 1. The number of hydrogen-bond acceptors (Lipinski definition) is 4. The highest BCUT2D eigenvalue weighted by Crippen LogP contribution is 2.36. The lowest BCUT2D eigenvalue weighted by Gasteiger charge is -2.23. The number of rotatable bonds is 4. The number of anilines is 1. The number of nitrogens with zero attached hydrogens (tertiary/aromatic N) is 1. The summed E-state index contributed by atoms with van der Waals surface area (Å²) in [6, 6.07) is 2.53. The Morgan fingerprint density at radius 3 is 2.11 bits per heavy atom. The Morgan fingerprint density at radius 1 is 1.16 bits per heavy atom. The lowest BCUT2D eigenvalue weighted by Crippen LogP contribution is -2.44. The minimum Gasteiger partial charge on any atom is -0.356 e. The molecular formula is C9H9F6N3O. The first kappa shape index (κ1) is 15.5. The first-order valence-corrected chi connectivity index (χ1v) is 4.81. The molecule has 0 amide bonds. The zero-order valence-electron chi connectivity index (χ0n) is 9.22. The highest BCUT2D eigenvalue weighted by atomic mass is 19.4. The van der Waals surface area contributed by atoms with E-state index in [2.05, 4.69) is 15.1 Å². The van der Waals surface area contributed by atoms with Crippen LogP contribution in [0.5, 0.6) is 0 Å². The number of hydrazine groups is 1. The van der Waals surface area contributed by atoms with Gasteiger partial charge in [0, 0.05) is 6.20 Å². The largest absolute Gasteiger partial charge is 0.423 e. The summed E-state index contributed by atoms with van der Waals surface area (Å²) >= 11 is 0. The average molecular weight is 289 g/mol. The fourth-order valence-electron chi connectivity index (χ4n) is 1.15. The van der Waals surface area contributed by atoms with Crippen LogP contribution >= 0.6 is 0 Å². The van der Waals surface area contributed by atoms with Crippen molar-refractivity contribution in [2.24, 2.45) is 5.84 Å². The van der Waals surface area contributed by atoms with E-state index in [0.29, 0.717) is 0 Å². The molecule has 0 unspecified atom stereocenters. The number of nitrogen functional groups attached to an aromatic ring is 1. The molecule has 0 fully saturated rings. The lowest BCUT2D eigenvalue weighted by atomic mass is 10.3. The highest BCUT2D eigenvalue weighted by molar-refractivity contribution is 5.33. The van der Waals surface area contributed by atoms with Crippen LogP contribution in [0.3, 0.4) is 0 Å². The zero-order valence-corrected chi connectivity index (χ0v) is 9.22. The Hall–Kier alpha value is -1.55. The van der Waals surface area contributed by atoms with Crippen molar-refractivity contribution in [1.29, 1.82) is 0 Å². The summed E-state index contributed by atoms with van der Waals surface area (Å²) in [6.45, 7) is -0.873. The van der Waals surface area contributed by atoms with Crippen molar-refractivity contribution in [3.63, 3.8) is 0 Å². The van der Waals surface area contributed by atoms with Gasteiger partial charge in [0.25, 0.3) is 0 Å². The van der Waals surface area contributed by atoms with Crippen molar-refractivity contribution in [2.45, 2.75) is 25.1 Å². The number of alkyl halides is 6. The van der Waals surface area contributed by atoms with Crippen LogP contribution in [-0.2, 0) is 11.3 Å². The fourth-order valence-corrected chi connectivity index (χ4v) is 1.15. The molecule has 108 valence electrons. The second-order valence-electron chi connectivity index (χ2n) is 3.47. The van der Waals surface area contributed by atoms with E-state index in [4.69, 9.17) is 5.84 Å². The van der Waals surface area contributed by atoms with Crippen molar-refractivity contribution in [3.05, 3.63) is 23.9 Å². The molecule has 0 aromatic carbocycles. The monoisotopic (exact) mass is 289 g/mol. The maximum Gasteiger partial charge on any atom is 0.423 e. The number of aromatic nitrogens is 1. The molecule has 0 bridgehead atoms. The van der Waals surface area contributed by atoms with Crippen LogP contribution in [-0.4, -0.2) is 23.4 Å². The summed E-state index contributed by atoms with van der Waals surface area (Å²) in [7, 11) is 0. The third kappa shape index (κ3) is 4.56. The van der Waals surface area contributed by atoms with Crippen LogP contribution in [0.2, 0.25) is 0 Å². The lowest BCUT2D eigenvalue weighted by molar-refractivity contribution is -0.324. The highest BCUT2D eigenvalue weighted by Gasteiger charge is 2.57. The third-order valence-corrected chi connectivity index (χ3v) is 1.98. The van der Waals surface area contributed by atoms with E-state index in [9.17, 15) is 26.3 Å². The maximum atomic E-state index is 12.2. The van der Waals surface area contributed by atoms with Gasteiger partial charge >= 0.3 is 12.4 Å². The van der Waals surface area contributed by atoms with Crippen LogP contribution in [0, 0.1) is 0 Å². The molecule has 19 heavy (non-hydrogen) atoms. The van der Waals surface area contributed by atoms with E-state index in [1.165, 1.54) is 12.1 Å². The van der Waals surface area contributed by atoms with Gasteiger partial charge in [0.1, 0.15) is 5.82 Å². The number of nitrogens with one attached hydrogen (secondary N) is 1. The second-order valence-corrected chi connectivity index (χ2v) is 3.47. The summed E-state index contributed by atoms with van der Waals surface area (Å²) in [4.78, 5) is 3.62. The summed E-state index contributed by atoms with van der Waals surface area (Å²) in [5.74, 6) is 5.21. The van der Waals surface area contributed by atoms with Crippen molar-refractivity contribution in [2.75, 3.05) is 5.43 Å². The molecule has 4 nitrogen and oxygen atoms in total. The Balaban J connectivity index is 2.71.